The average Bonchev–Trinajstić information content (AvgIpc) is 3.32. The van der Waals surface area contributed by atoms with Gasteiger partial charge in [0.25, 0.3) is 0 Å². The Bertz CT molecular complexity index is 1250. The second-order valence-corrected chi connectivity index (χ2v) is 9.87. The van der Waals surface area contributed by atoms with Crippen LogP contribution in [0.25, 0.3) is 0 Å². The number of aryl methyl sites for hydroxylation is 1. The third-order valence-corrected chi connectivity index (χ3v) is 7.20. The predicted octanol–water partition coefficient (Wildman–Crippen LogP) is 6.76. The number of methoxy groups -OCH3 is 2. The van der Waals surface area contributed by atoms with Gasteiger partial charge in [0.15, 0.2) is 0 Å². The summed E-state index contributed by atoms with van der Waals surface area (Å²) in [6.45, 7) is 3.25. The van der Waals surface area contributed by atoms with Gasteiger partial charge in [-0.3, -0.25) is 0 Å². The van der Waals surface area contributed by atoms with E-state index in [2.05, 4.69) is 29.4 Å². The van der Waals surface area contributed by atoms with Crippen LogP contribution in [0.3, 0.4) is 0 Å². The molecular formula is C28H28ClFN2O3S. The first-order valence-electron chi connectivity index (χ1n) is 11.5. The van der Waals surface area contributed by atoms with Crippen LogP contribution in [0.5, 0.6) is 17.2 Å². The Morgan fingerprint density at radius 3 is 2.33 bits per heavy atom. The first kappa shape index (κ1) is 25.9. The van der Waals surface area contributed by atoms with E-state index < -0.39 is 5.82 Å². The summed E-state index contributed by atoms with van der Waals surface area (Å²) in [6, 6.07) is 18.4. The molecule has 1 aromatic heterocycles. The highest BCUT2D eigenvalue weighted by molar-refractivity contribution is 7.11. The molecule has 36 heavy (non-hydrogen) atoms. The minimum Gasteiger partial charge on any atom is -0.496 e. The Balaban J connectivity index is 1.50. The molecule has 0 saturated heterocycles. The molecule has 1 unspecified atom stereocenters. The van der Waals surface area contributed by atoms with Gasteiger partial charge in [-0.2, -0.15) is 0 Å². The zero-order valence-electron chi connectivity index (χ0n) is 20.4. The molecule has 0 radical (unpaired) electrons. The van der Waals surface area contributed by atoms with E-state index in [4.69, 9.17) is 25.8 Å². The van der Waals surface area contributed by atoms with Gasteiger partial charge in [0.1, 0.15) is 34.7 Å². The molecule has 1 atom stereocenters. The first-order valence-corrected chi connectivity index (χ1v) is 12.7. The van der Waals surface area contributed by atoms with Gasteiger partial charge in [-0.1, -0.05) is 48.0 Å². The van der Waals surface area contributed by atoms with Crippen LogP contribution in [0.1, 0.15) is 32.5 Å². The van der Waals surface area contributed by atoms with E-state index in [1.807, 2.05) is 24.4 Å². The summed E-state index contributed by atoms with van der Waals surface area (Å²) in [5.74, 6) is 1.42. The standard InChI is InChI=1S/C28H28ClFN2O3S/c1-18-14-32-28(36-18)21(19-8-5-4-6-9-19)15-31-16-22-26(33-2)12-20(13-27(22)34-3)35-17-23-24(29)10-7-11-25(23)30/h4-14,21,31H,15-17H2,1-3H3. The highest BCUT2D eigenvalue weighted by atomic mass is 35.5. The van der Waals surface area contributed by atoms with Crippen molar-refractivity contribution in [2.75, 3.05) is 20.8 Å². The zero-order chi connectivity index (χ0) is 25.5. The molecule has 8 heteroatoms. The van der Waals surface area contributed by atoms with E-state index >= 15 is 0 Å². The summed E-state index contributed by atoms with van der Waals surface area (Å²) < 4.78 is 31.3. The number of hydrogen-bond acceptors (Lipinski definition) is 6. The van der Waals surface area contributed by atoms with E-state index in [1.165, 1.54) is 16.5 Å². The van der Waals surface area contributed by atoms with Crippen LogP contribution in [-0.4, -0.2) is 25.7 Å². The summed E-state index contributed by atoms with van der Waals surface area (Å²) in [5.41, 5.74) is 2.36. The third-order valence-electron chi connectivity index (χ3n) is 5.82. The fraction of sp³-hybridized carbons (Fsp3) is 0.250. The number of halogens is 2. The van der Waals surface area contributed by atoms with E-state index in [-0.39, 0.29) is 12.5 Å². The van der Waals surface area contributed by atoms with Gasteiger partial charge in [-0.05, 0) is 24.6 Å². The van der Waals surface area contributed by atoms with Gasteiger partial charge in [0, 0.05) is 47.8 Å². The van der Waals surface area contributed by atoms with Crippen molar-refractivity contribution in [3.8, 4) is 17.2 Å². The molecule has 4 rings (SSSR count). The molecule has 188 valence electrons. The van der Waals surface area contributed by atoms with Crippen molar-refractivity contribution >= 4 is 22.9 Å². The summed E-state index contributed by atoms with van der Waals surface area (Å²) in [5, 5.41) is 4.94. The molecular weight excluding hydrogens is 499 g/mol. The normalized spacial score (nSPS) is 11.8. The van der Waals surface area contributed by atoms with E-state index in [9.17, 15) is 4.39 Å². The Kier molecular flexibility index (Phi) is 8.80. The lowest BCUT2D eigenvalue weighted by Crippen LogP contribution is -2.22. The third kappa shape index (κ3) is 6.16. The number of nitrogens with one attached hydrogen (secondary N) is 1. The van der Waals surface area contributed by atoms with Crippen molar-refractivity contribution in [1.29, 1.82) is 0 Å². The topological polar surface area (TPSA) is 52.6 Å². The number of aromatic nitrogens is 1. The molecule has 1 heterocycles. The average molecular weight is 527 g/mol. The van der Waals surface area contributed by atoms with Crippen molar-refractivity contribution in [3.63, 3.8) is 0 Å². The molecule has 1 N–H and O–H groups in total. The number of ether oxygens (including phenoxy) is 3. The van der Waals surface area contributed by atoms with Crippen molar-refractivity contribution in [2.45, 2.75) is 26.0 Å². The molecule has 0 spiro atoms. The molecule has 0 aliphatic heterocycles. The minimum atomic E-state index is -0.411. The summed E-state index contributed by atoms with van der Waals surface area (Å²) in [4.78, 5) is 5.81. The second kappa shape index (κ2) is 12.2. The molecule has 3 aromatic carbocycles. The quantitative estimate of drug-likeness (QED) is 0.234. The van der Waals surface area contributed by atoms with Crippen molar-refractivity contribution in [1.82, 2.24) is 10.3 Å². The molecule has 0 aliphatic carbocycles. The van der Waals surface area contributed by atoms with Crippen LogP contribution in [-0.2, 0) is 13.2 Å². The first-order chi connectivity index (χ1) is 17.5. The summed E-state index contributed by atoms with van der Waals surface area (Å²) >= 11 is 7.84. The highest BCUT2D eigenvalue weighted by Gasteiger charge is 2.19. The lowest BCUT2D eigenvalue weighted by molar-refractivity contribution is 0.294. The van der Waals surface area contributed by atoms with Gasteiger partial charge in [0.2, 0.25) is 0 Å². The van der Waals surface area contributed by atoms with Gasteiger partial charge in [0.05, 0.1) is 24.8 Å². The zero-order valence-corrected chi connectivity index (χ0v) is 22.0. The van der Waals surface area contributed by atoms with Crippen molar-refractivity contribution in [3.05, 3.63) is 104 Å². The van der Waals surface area contributed by atoms with Crippen LogP contribution in [0.15, 0.2) is 66.9 Å². The largest absolute Gasteiger partial charge is 0.496 e. The number of rotatable bonds is 11. The van der Waals surface area contributed by atoms with Crippen LogP contribution >= 0.6 is 22.9 Å². The number of benzene rings is 3. The van der Waals surface area contributed by atoms with Crippen LogP contribution in [0.2, 0.25) is 5.02 Å². The Labute approximate surface area is 219 Å². The Morgan fingerprint density at radius 1 is 1.00 bits per heavy atom. The molecule has 0 bridgehead atoms. The minimum absolute atomic E-state index is 0.0125. The fourth-order valence-electron chi connectivity index (χ4n) is 3.95. The maximum atomic E-state index is 14.1. The number of thiazole rings is 1. The molecule has 0 saturated carbocycles. The Hall–Kier alpha value is -3.13. The van der Waals surface area contributed by atoms with Crippen molar-refractivity contribution < 1.29 is 18.6 Å². The van der Waals surface area contributed by atoms with Crippen LogP contribution in [0, 0.1) is 12.7 Å². The highest BCUT2D eigenvalue weighted by Crippen LogP contribution is 2.35. The van der Waals surface area contributed by atoms with Crippen LogP contribution in [0.4, 0.5) is 4.39 Å². The summed E-state index contributed by atoms with van der Waals surface area (Å²) in [6.07, 6.45) is 1.91. The maximum Gasteiger partial charge on any atom is 0.131 e. The smallest absolute Gasteiger partial charge is 0.131 e. The SMILES string of the molecule is COc1cc(OCc2c(F)cccc2Cl)cc(OC)c1CNCC(c1ccccc1)c1ncc(C)s1. The van der Waals surface area contributed by atoms with Crippen LogP contribution < -0.4 is 19.5 Å². The lowest BCUT2D eigenvalue weighted by atomic mass is 9.99. The van der Waals surface area contributed by atoms with E-state index in [0.717, 1.165) is 10.6 Å². The lowest BCUT2D eigenvalue weighted by Gasteiger charge is -2.19. The molecule has 0 aliphatic rings. The second-order valence-electron chi connectivity index (χ2n) is 8.20. The summed E-state index contributed by atoms with van der Waals surface area (Å²) in [7, 11) is 3.20. The van der Waals surface area contributed by atoms with Gasteiger partial charge >= 0.3 is 0 Å². The van der Waals surface area contributed by atoms with Crippen molar-refractivity contribution in [2.24, 2.45) is 0 Å². The van der Waals surface area contributed by atoms with E-state index in [1.54, 1.807) is 49.8 Å². The maximum absolute atomic E-state index is 14.1. The molecule has 4 aromatic rings. The van der Waals surface area contributed by atoms with Gasteiger partial charge in [-0.15, -0.1) is 11.3 Å². The molecule has 5 nitrogen and oxygen atoms in total. The fourth-order valence-corrected chi connectivity index (χ4v) is 5.07. The van der Waals surface area contributed by atoms with E-state index in [0.29, 0.717) is 40.9 Å². The Morgan fingerprint density at radius 2 is 1.72 bits per heavy atom. The molecule has 0 amide bonds. The van der Waals surface area contributed by atoms with Gasteiger partial charge < -0.3 is 19.5 Å². The van der Waals surface area contributed by atoms with Gasteiger partial charge in [-0.25, -0.2) is 9.37 Å². The number of hydrogen-bond donors (Lipinski definition) is 1. The monoisotopic (exact) mass is 526 g/mol. The predicted molar refractivity (Wildman–Crippen MR) is 142 cm³/mol. The number of nitrogens with zero attached hydrogens (tertiary/aromatic N) is 1. The molecule has 0 fully saturated rings.